The van der Waals surface area contributed by atoms with Gasteiger partial charge >= 0.3 is 0 Å². The lowest BCUT2D eigenvalue weighted by molar-refractivity contribution is 0.476. The third-order valence-corrected chi connectivity index (χ3v) is 3.76. The average molecular weight is 236 g/mol. The zero-order valence-electron chi connectivity index (χ0n) is 11.4. The van der Waals surface area contributed by atoms with Gasteiger partial charge in [0.15, 0.2) is 0 Å². The van der Waals surface area contributed by atoms with E-state index in [4.69, 9.17) is 5.10 Å². The summed E-state index contributed by atoms with van der Waals surface area (Å²) in [7, 11) is 2.01. The molecular formula is C13H24N4. The van der Waals surface area contributed by atoms with E-state index >= 15 is 0 Å². The summed E-state index contributed by atoms with van der Waals surface area (Å²) in [6.07, 6.45) is 1.20. The molecule has 0 radical (unpaired) electrons. The second kappa shape index (κ2) is 5.19. The second-order valence-electron chi connectivity index (χ2n) is 5.13. The minimum absolute atomic E-state index is 0.531. The molecule has 4 heteroatoms. The molecule has 2 rings (SSSR count). The van der Waals surface area contributed by atoms with Crippen molar-refractivity contribution in [1.29, 1.82) is 0 Å². The summed E-state index contributed by atoms with van der Waals surface area (Å²) >= 11 is 0. The van der Waals surface area contributed by atoms with Crippen molar-refractivity contribution in [1.82, 2.24) is 20.4 Å². The van der Waals surface area contributed by atoms with Gasteiger partial charge in [0.2, 0.25) is 0 Å². The molecule has 96 valence electrons. The van der Waals surface area contributed by atoms with Crippen LogP contribution in [0.3, 0.4) is 0 Å². The van der Waals surface area contributed by atoms with Crippen molar-refractivity contribution in [3.8, 4) is 0 Å². The molecule has 1 saturated heterocycles. The fourth-order valence-electron chi connectivity index (χ4n) is 3.00. The molecule has 0 spiro atoms. The lowest BCUT2D eigenvalue weighted by Crippen LogP contribution is -2.17. The standard InChI is InChI=1S/C13H24N4/c1-9(7-14-4)13-10(2)16-17(11(13)3)12-5-6-15-8-12/h9,12,14-15H,5-8H2,1-4H3. The van der Waals surface area contributed by atoms with E-state index < -0.39 is 0 Å². The molecule has 1 aliphatic heterocycles. The van der Waals surface area contributed by atoms with Crippen LogP contribution in [0.25, 0.3) is 0 Å². The SMILES string of the molecule is CNCC(C)c1c(C)nn(C2CCNC2)c1C. The number of rotatable bonds is 4. The molecule has 2 unspecified atom stereocenters. The number of hydrogen-bond acceptors (Lipinski definition) is 3. The van der Waals surface area contributed by atoms with E-state index in [1.54, 1.807) is 0 Å². The first-order chi connectivity index (χ1) is 8.15. The Morgan fingerprint density at radius 2 is 2.29 bits per heavy atom. The molecule has 2 atom stereocenters. The van der Waals surface area contributed by atoms with E-state index in [9.17, 15) is 0 Å². The fourth-order valence-corrected chi connectivity index (χ4v) is 3.00. The summed E-state index contributed by atoms with van der Waals surface area (Å²) in [6.45, 7) is 9.79. The van der Waals surface area contributed by atoms with Gasteiger partial charge in [-0.15, -0.1) is 0 Å². The van der Waals surface area contributed by atoms with Crippen molar-refractivity contribution in [3.63, 3.8) is 0 Å². The largest absolute Gasteiger partial charge is 0.319 e. The molecule has 2 heterocycles. The van der Waals surface area contributed by atoms with Crippen molar-refractivity contribution in [2.24, 2.45) is 0 Å². The quantitative estimate of drug-likeness (QED) is 0.829. The molecule has 1 aliphatic rings. The number of nitrogens with one attached hydrogen (secondary N) is 2. The lowest BCUT2D eigenvalue weighted by Gasteiger charge is -2.14. The van der Waals surface area contributed by atoms with Gasteiger partial charge in [-0.2, -0.15) is 5.10 Å². The smallest absolute Gasteiger partial charge is 0.0658 e. The summed E-state index contributed by atoms with van der Waals surface area (Å²) in [6, 6.07) is 0.546. The van der Waals surface area contributed by atoms with E-state index in [1.165, 1.54) is 23.4 Å². The third-order valence-electron chi connectivity index (χ3n) is 3.76. The number of aryl methyl sites for hydroxylation is 1. The molecular weight excluding hydrogens is 212 g/mol. The zero-order chi connectivity index (χ0) is 12.4. The van der Waals surface area contributed by atoms with Crippen molar-refractivity contribution in [3.05, 3.63) is 17.0 Å². The maximum Gasteiger partial charge on any atom is 0.0658 e. The monoisotopic (exact) mass is 236 g/mol. The molecule has 0 saturated carbocycles. The van der Waals surface area contributed by atoms with E-state index in [1.807, 2.05) is 7.05 Å². The molecule has 1 aromatic rings. The minimum atomic E-state index is 0.531. The Bertz CT molecular complexity index is 377. The Morgan fingerprint density at radius 1 is 1.53 bits per heavy atom. The minimum Gasteiger partial charge on any atom is -0.319 e. The average Bonchev–Trinajstić information content (AvgIpc) is 2.87. The number of nitrogens with zero attached hydrogens (tertiary/aromatic N) is 2. The predicted molar refractivity (Wildman–Crippen MR) is 70.6 cm³/mol. The third kappa shape index (κ3) is 2.38. The molecule has 2 N–H and O–H groups in total. The maximum atomic E-state index is 4.74. The molecule has 17 heavy (non-hydrogen) atoms. The van der Waals surface area contributed by atoms with Gasteiger partial charge in [0.1, 0.15) is 0 Å². The van der Waals surface area contributed by atoms with E-state index in [-0.39, 0.29) is 0 Å². The van der Waals surface area contributed by atoms with Crippen LogP contribution in [0.5, 0.6) is 0 Å². The highest BCUT2D eigenvalue weighted by Gasteiger charge is 2.23. The topological polar surface area (TPSA) is 41.9 Å². The zero-order valence-corrected chi connectivity index (χ0v) is 11.4. The van der Waals surface area contributed by atoms with Gasteiger partial charge in [-0.1, -0.05) is 6.92 Å². The Labute approximate surface area is 104 Å². The Balaban J connectivity index is 2.27. The van der Waals surface area contributed by atoms with Crippen molar-refractivity contribution >= 4 is 0 Å². The highest BCUT2D eigenvalue weighted by Crippen LogP contribution is 2.26. The van der Waals surface area contributed by atoms with Crippen LogP contribution >= 0.6 is 0 Å². The molecule has 0 bridgehead atoms. The van der Waals surface area contributed by atoms with Crippen molar-refractivity contribution in [2.75, 3.05) is 26.7 Å². The van der Waals surface area contributed by atoms with Gasteiger partial charge in [0, 0.05) is 24.3 Å². The Kier molecular flexibility index (Phi) is 3.84. The van der Waals surface area contributed by atoms with E-state index in [2.05, 4.69) is 36.1 Å². The Hall–Kier alpha value is -0.870. The summed E-state index contributed by atoms with van der Waals surface area (Å²) in [5.41, 5.74) is 3.96. The molecule has 4 nitrogen and oxygen atoms in total. The molecule has 0 aromatic carbocycles. The maximum absolute atomic E-state index is 4.74. The van der Waals surface area contributed by atoms with Gasteiger partial charge in [-0.25, -0.2) is 0 Å². The first-order valence-corrected chi connectivity index (χ1v) is 6.56. The number of hydrogen-bond donors (Lipinski definition) is 2. The fraction of sp³-hybridized carbons (Fsp3) is 0.769. The first kappa shape index (κ1) is 12.6. The van der Waals surface area contributed by atoms with Gasteiger partial charge in [0.05, 0.1) is 11.7 Å². The van der Waals surface area contributed by atoms with Crippen LogP contribution in [-0.2, 0) is 0 Å². The molecule has 0 amide bonds. The highest BCUT2D eigenvalue weighted by atomic mass is 15.3. The second-order valence-corrected chi connectivity index (χ2v) is 5.13. The van der Waals surface area contributed by atoms with Gasteiger partial charge in [-0.05, 0) is 39.8 Å². The van der Waals surface area contributed by atoms with Crippen molar-refractivity contribution in [2.45, 2.75) is 39.2 Å². The number of likely N-dealkylation sites (N-methyl/N-ethyl adjacent to an activating group) is 1. The predicted octanol–water partition coefficient (Wildman–Crippen LogP) is 1.36. The van der Waals surface area contributed by atoms with Crippen molar-refractivity contribution < 1.29 is 0 Å². The summed E-state index contributed by atoms with van der Waals surface area (Å²) < 4.78 is 2.23. The van der Waals surface area contributed by atoms with E-state index in [0.717, 1.165) is 19.6 Å². The van der Waals surface area contributed by atoms with Crippen LogP contribution in [0.15, 0.2) is 0 Å². The van der Waals surface area contributed by atoms with Crippen LogP contribution in [0.2, 0.25) is 0 Å². The summed E-state index contributed by atoms with van der Waals surface area (Å²) in [4.78, 5) is 0. The van der Waals surface area contributed by atoms with Crippen LogP contribution < -0.4 is 10.6 Å². The Morgan fingerprint density at radius 3 is 2.88 bits per heavy atom. The summed E-state index contributed by atoms with van der Waals surface area (Å²) in [5.74, 6) is 0.531. The first-order valence-electron chi connectivity index (χ1n) is 6.56. The summed E-state index contributed by atoms with van der Waals surface area (Å²) in [5, 5.41) is 11.4. The highest BCUT2D eigenvalue weighted by molar-refractivity contribution is 5.29. The normalized spacial score (nSPS) is 22.0. The molecule has 1 aromatic heterocycles. The van der Waals surface area contributed by atoms with Crippen LogP contribution in [0.1, 0.15) is 42.3 Å². The molecule has 1 fully saturated rings. The van der Waals surface area contributed by atoms with Crippen LogP contribution in [-0.4, -0.2) is 36.5 Å². The number of aromatic nitrogens is 2. The lowest BCUT2D eigenvalue weighted by atomic mass is 9.99. The van der Waals surface area contributed by atoms with Crippen LogP contribution in [0.4, 0.5) is 0 Å². The van der Waals surface area contributed by atoms with Gasteiger partial charge < -0.3 is 10.6 Å². The van der Waals surface area contributed by atoms with Gasteiger partial charge in [0.25, 0.3) is 0 Å². The van der Waals surface area contributed by atoms with Crippen LogP contribution in [0, 0.1) is 13.8 Å². The molecule has 0 aliphatic carbocycles. The van der Waals surface area contributed by atoms with Gasteiger partial charge in [-0.3, -0.25) is 4.68 Å². The van der Waals surface area contributed by atoms with E-state index in [0.29, 0.717) is 12.0 Å².